The summed E-state index contributed by atoms with van der Waals surface area (Å²) in [4.78, 5) is 0. The molecule has 0 aromatic heterocycles. The van der Waals surface area contributed by atoms with E-state index in [-0.39, 0.29) is 6.04 Å². The molecule has 1 heterocycles. The summed E-state index contributed by atoms with van der Waals surface area (Å²) in [5.74, 6) is 1.15. The Labute approximate surface area is 111 Å². The molecule has 2 unspecified atom stereocenters. The fraction of sp³-hybridized carbons (Fsp3) is 0.625. The molecule has 2 atom stereocenters. The summed E-state index contributed by atoms with van der Waals surface area (Å²) in [6, 6.07) is 6.95. The minimum Gasteiger partial charge on any atom is -0.324 e. The molecule has 0 aliphatic carbocycles. The van der Waals surface area contributed by atoms with Crippen LogP contribution in [0.15, 0.2) is 18.2 Å². The van der Waals surface area contributed by atoms with E-state index in [9.17, 15) is 0 Å². The van der Waals surface area contributed by atoms with E-state index in [0.29, 0.717) is 11.8 Å². The van der Waals surface area contributed by atoms with Crippen LogP contribution in [-0.4, -0.2) is 13.1 Å². The van der Waals surface area contributed by atoms with Crippen LogP contribution in [0.2, 0.25) is 0 Å². The highest BCUT2D eigenvalue weighted by Crippen LogP contribution is 2.29. The molecule has 3 N–H and O–H groups in total. The third-order valence-corrected chi connectivity index (χ3v) is 4.17. The third kappa shape index (κ3) is 2.93. The zero-order valence-corrected chi connectivity index (χ0v) is 11.9. The second-order valence-corrected chi connectivity index (χ2v) is 5.90. The second-order valence-electron chi connectivity index (χ2n) is 5.90. The molecule has 0 spiro atoms. The van der Waals surface area contributed by atoms with Gasteiger partial charge in [-0.2, -0.15) is 0 Å². The highest BCUT2D eigenvalue weighted by atomic mass is 14.9. The molecule has 1 aromatic carbocycles. The van der Waals surface area contributed by atoms with Crippen molar-refractivity contribution >= 4 is 0 Å². The largest absolute Gasteiger partial charge is 0.324 e. The predicted octanol–water partition coefficient (Wildman–Crippen LogP) is 3.12. The van der Waals surface area contributed by atoms with Crippen LogP contribution in [0.3, 0.4) is 0 Å². The van der Waals surface area contributed by atoms with Gasteiger partial charge >= 0.3 is 0 Å². The molecule has 2 nitrogen and oxygen atoms in total. The van der Waals surface area contributed by atoms with Crippen molar-refractivity contribution in [1.29, 1.82) is 0 Å². The smallest absolute Gasteiger partial charge is 0.0338 e. The van der Waals surface area contributed by atoms with Crippen LogP contribution in [0, 0.1) is 12.8 Å². The number of rotatable bonds is 3. The maximum atomic E-state index is 6.50. The molecular formula is C16H26N2. The van der Waals surface area contributed by atoms with E-state index in [1.807, 2.05) is 0 Å². The molecule has 0 radical (unpaired) electrons. The predicted molar refractivity (Wildman–Crippen MR) is 77.8 cm³/mol. The summed E-state index contributed by atoms with van der Waals surface area (Å²) in [7, 11) is 0. The van der Waals surface area contributed by atoms with Crippen LogP contribution < -0.4 is 11.1 Å². The SMILES string of the molecule is Cc1ccc(C(C)C)cc1C(N)C1CCCNC1. The van der Waals surface area contributed by atoms with Crippen LogP contribution in [0.25, 0.3) is 0 Å². The lowest BCUT2D eigenvalue weighted by Crippen LogP contribution is -2.36. The van der Waals surface area contributed by atoms with Crippen molar-refractivity contribution in [2.75, 3.05) is 13.1 Å². The van der Waals surface area contributed by atoms with Crippen molar-refractivity contribution in [3.8, 4) is 0 Å². The number of hydrogen-bond acceptors (Lipinski definition) is 2. The molecule has 1 saturated heterocycles. The van der Waals surface area contributed by atoms with Gasteiger partial charge in [-0.1, -0.05) is 32.0 Å². The van der Waals surface area contributed by atoms with Gasteiger partial charge < -0.3 is 11.1 Å². The Morgan fingerprint density at radius 3 is 2.72 bits per heavy atom. The fourth-order valence-electron chi connectivity index (χ4n) is 2.82. The highest BCUT2D eigenvalue weighted by molar-refractivity contribution is 5.35. The van der Waals surface area contributed by atoms with Gasteiger partial charge in [-0.05, 0) is 61.4 Å². The number of nitrogens with two attached hydrogens (primary N) is 1. The molecule has 0 amide bonds. The first-order valence-corrected chi connectivity index (χ1v) is 7.16. The molecule has 1 aliphatic rings. The summed E-state index contributed by atoms with van der Waals surface area (Å²) >= 11 is 0. The topological polar surface area (TPSA) is 38.0 Å². The number of aryl methyl sites for hydroxylation is 1. The average molecular weight is 246 g/mol. The standard InChI is InChI=1S/C16H26N2/c1-11(2)13-7-6-12(3)15(9-13)16(17)14-5-4-8-18-10-14/h6-7,9,11,14,16,18H,4-5,8,10,17H2,1-3H3. The van der Waals surface area contributed by atoms with Crippen molar-refractivity contribution in [3.63, 3.8) is 0 Å². The van der Waals surface area contributed by atoms with E-state index in [4.69, 9.17) is 5.73 Å². The Balaban J connectivity index is 2.22. The summed E-state index contributed by atoms with van der Waals surface area (Å²) in [5, 5.41) is 3.46. The molecule has 1 aromatic rings. The second kappa shape index (κ2) is 5.85. The van der Waals surface area contributed by atoms with Crippen LogP contribution in [0.5, 0.6) is 0 Å². The number of benzene rings is 1. The van der Waals surface area contributed by atoms with Crippen LogP contribution in [0.4, 0.5) is 0 Å². The summed E-state index contributed by atoms with van der Waals surface area (Å²) in [5.41, 5.74) is 10.6. The molecule has 0 bridgehead atoms. The van der Waals surface area contributed by atoms with Gasteiger partial charge in [-0.3, -0.25) is 0 Å². The molecule has 2 heteroatoms. The van der Waals surface area contributed by atoms with Crippen LogP contribution in [0.1, 0.15) is 55.3 Å². The van der Waals surface area contributed by atoms with Gasteiger partial charge in [-0.15, -0.1) is 0 Å². The lowest BCUT2D eigenvalue weighted by Gasteiger charge is -2.29. The summed E-state index contributed by atoms with van der Waals surface area (Å²) in [6.07, 6.45) is 2.50. The molecule has 18 heavy (non-hydrogen) atoms. The lowest BCUT2D eigenvalue weighted by atomic mass is 9.84. The van der Waals surface area contributed by atoms with E-state index in [1.165, 1.54) is 29.5 Å². The molecule has 0 saturated carbocycles. The zero-order valence-electron chi connectivity index (χ0n) is 11.9. The van der Waals surface area contributed by atoms with Crippen molar-refractivity contribution in [2.24, 2.45) is 11.7 Å². The summed E-state index contributed by atoms with van der Waals surface area (Å²) < 4.78 is 0. The van der Waals surface area contributed by atoms with Gasteiger partial charge in [0.05, 0.1) is 0 Å². The Kier molecular flexibility index (Phi) is 4.41. The molecule has 1 aliphatic heterocycles. The summed E-state index contributed by atoms with van der Waals surface area (Å²) in [6.45, 7) is 8.86. The first kappa shape index (κ1) is 13.6. The Morgan fingerprint density at radius 2 is 2.11 bits per heavy atom. The van der Waals surface area contributed by atoms with E-state index in [0.717, 1.165) is 13.1 Å². The maximum Gasteiger partial charge on any atom is 0.0338 e. The van der Waals surface area contributed by atoms with Gasteiger partial charge in [0.25, 0.3) is 0 Å². The molecule has 100 valence electrons. The monoisotopic (exact) mass is 246 g/mol. The Bertz CT molecular complexity index is 392. The van der Waals surface area contributed by atoms with Gasteiger partial charge in [0, 0.05) is 6.04 Å². The van der Waals surface area contributed by atoms with Crippen molar-refractivity contribution in [3.05, 3.63) is 34.9 Å². The van der Waals surface area contributed by atoms with Crippen molar-refractivity contribution < 1.29 is 0 Å². The van der Waals surface area contributed by atoms with Crippen LogP contribution in [-0.2, 0) is 0 Å². The van der Waals surface area contributed by atoms with E-state index < -0.39 is 0 Å². The van der Waals surface area contributed by atoms with Gasteiger partial charge in [0.2, 0.25) is 0 Å². The fourth-order valence-corrected chi connectivity index (χ4v) is 2.82. The van der Waals surface area contributed by atoms with Gasteiger partial charge in [-0.25, -0.2) is 0 Å². The Hall–Kier alpha value is -0.860. The molecule has 2 rings (SSSR count). The molecule has 1 fully saturated rings. The Morgan fingerprint density at radius 1 is 1.33 bits per heavy atom. The van der Waals surface area contributed by atoms with Crippen LogP contribution >= 0.6 is 0 Å². The normalized spacial score (nSPS) is 22.2. The minimum atomic E-state index is 0.177. The first-order chi connectivity index (χ1) is 8.59. The molecular weight excluding hydrogens is 220 g/mol. The minimum absolute atomic E-state index is 0.177. The quantitative estimate of drug-likeness (QED) is 0.860. The van der Waals surface area contributed by atoms with E-state index in [1.54, 1.807) is 0 Å². The van der Waals surface area contributed by atoms with Gasteiger partial charge in [0.15, 0.2) is 0 Å². The number of nitrogens with one attached hydrogen (secondary N) is 1. The average Bonchev–Trinajstić information content (AvgIpc) is 2.39. The number of piperidine rings is 1. The number of hydrogen-bond donors (Lipinski definition) is 2. The maximum absolute atomic E-state index is 6.50. The van der Waals surface area contributed by atoms with E-state index >= 15 is 0 Å². The highest BCUT2D eigenvalue weighted by Gasteiger charge is 2.23. The van der Waals surface area contributed by atoms with Crippen molar-refractivity contribution in [2.45, 2.75) is 45.6 Å². The van der Waals surface area contributed by atoms with E-state index in [2.05, 4.69) is 44.3 Å². The van der Waals surface area contributed by atoms with Crippen molar-refractivity contribution in [1.82, 2.24) is 5.32 Å². The zero-order chi connectivity index (χ0) is 13.1. The lowest BCUT2D eigenvalue weighted by molar-refractivity contribution is 0.325. The van der Waals surface area contributed by atoms with Gasteiger partial charge in [0.1, 0.15) is 0 Å². The first-order valence-electron chi connectivity index (χ1n) is 7.16. The third-order valence-electron chi connectivity index (χ3n) is 4.17.